The van der Waals surface area contributed by atoms with Crippen molar-refractivity contribution < 1.29 is 18.0 Å². The first-order valence-electron chi connectivity index (χ1n) is 5.47. The molecule has 0 saturated heterocycles. The Morgan fingerprint density at radius 3 is 2.47 bits per heavy atom. The van der Waals surface area contributed by atoms with E-state index in [0.29, 0.717) is 12.5 Å². The molecule has 2 atom stereocenters. The number of carbonyl (C=O) groups excluding carboxylic acids is 1. The van der Waals surface area contributed by atoms with Crippen molar-refractivity contribution in [2.45, 2.75) is 31.6 Å². The van der Waals surface area contributed by atoms with Crippen LogP contribution in [0.2, 0.25) is 0 Å². The van der Waals surface area contributed by atoms with Gasteiger partial charge in [0.25, 0.3) is 0 Å². The molecule has 0 aliphatic heterocycles. The quantitative estimate of drug-likeness (QED) is 0.890. The molecule has 0 aliphatic carbocycles. The van der Waals surface area contributed by atoms with E-state index in [1.165, 1.54) is 0 Å². The van der Waals surface area contributed by atoms with Gasteiger partial charge in [0.15, 0.2) is 5.54 Å². The highest BCUT2D eigenvalue weighted by molar-refractivity contribution is 9.10. The zero-order chi connectivity index (χ0) is 14.8. The predicted molar refractivity (Wildman–Crippen MR) is 69.3 cm³/mol. The monoisotopic (exact) mass is 338 g/mol. The number of amides is 1. The Morgan fingerprint density at radius 1 is 1.42 bits per heavy atom. The van der Waals surface area contributed by atoms with E-state index in [0.717, 1.165) is 4.47 Å². The topological polar surface area (TPSA) is 55.1 Å². The molecule has 0 radical (unpaired) electrons. The molecule has 1 aromatic carbocycles. The van der Waals surface area contributed by atoms with E-state index < -0.39 is 23.7 Å². The molecule has 106 valence electrons. The van der Waals surface area contributed by atoms with Gasteiger partial charge < -0.3 is 11.1 Å². The lowest BCUT2D eigenvalue weighted by Crippen LogP contribution is -2.61. The van der Waals surface area contributed by atoms with E-state index >= 15 is 0 Å². The second-order valence-electron chi connectivity index (χ2n) is 4.45. The fraction of sp³-hybridized carbons (Fsp3) is 0.417. The van der Waals surface area contributed by atoms with Gasteiger partial charge in [-0.1, -0.05) is 28.1 Å². The first-order valence-corrected chi connectivity index (χ1v) is 6.27. The number of hydrogen-bond acceptors (Lipinski definition) is 2. The normalized spacial score (nSPS) is 16.6. The molecular weight excluding hydrogens is 325 g/mol. The highest BCUT2D eigenvalue weighted by Gasteiger charge is 2.54. The summed E-state index contributed by atoms with van der Waals surface area (Å²) < 4.78 is 38.6. The molecule has 0 heterocycles. The van der Waals surface area contributed by atoms with Gasteiger partial charge in [0, 0.05) is 4.47 Å². The molecule has 0 bridgehead atoms. The molecule has 1 aromatic rings. The van der Waals surface area contributed by atoms with Crippen molar-refractivity contribution in [3.8, 4) is 0 Å². The first kappa shape index (κ1) is 16.0. The van der Waals surface area contributed by atoms with Gasteiger partial charge in [-0.2, -0.15) is 13.2 Å². The van der Waals surface area contributed by atoms with Crippen LogP contribution in [0, 0.1) is 0 Å². The van der Waals surface area contributed by atoms with E-state index in [1.807, 2.05) is 0 Å². The van der Waals surface area contributed by atoms with Crippen molar-refractivity contribution in [1.29, 1.82) is 0 Å². The Bertz CT molecular complexity index is 474. The number of alkyl halides is 3. The van der Waals surface area contributed by atoms with Crippen molar-refractivity contribution in [1.82, 2.24) is 5.32 Å². The minimum Gasteiger partial charge on any atom is -0.348 e. The number of rotatable bonds is 3. The van der Waals surface area contributed by atoms with Crippen LogP contribution in [0.4, 0.5) is 13.2 Å². The van der Waals surface area contributed by atoms with Crippen molar-refractivity contribution in [2.75, 3.05) is 0 Å². The van der Waals surface area contributed by atoms with Crippen LogP contribution in [-0.4, -0.2) is 17.6 Å². The maximum Gasteiger partial charge on any atom is 0.415 e. The summed E-state index contributed by atoms with van der Waals surface area (Å²) in [5.74, 6) is -1.26. The summed E-state index contributed by atoms with van der Waals surface area (Å²) in [6.45, 7) is 2.24. The van der Waals surface area contributed by atoms with Gasteiger partial charge in [0.1, 0.15) is 0 Å². The third kappa shape index (κ3) is 3.70. The Labute approximate surface area is 117 Å². The third-order valence-electron chi connectivity index (χ3n) is 2.76. The van der Waals surface area contributed by atoms with E-state index in [-0.39, 0.29) is 0 Å². The zero-order valence-electron chi connectivity index (χ0n) is 10.4. The number of carbonyl (C=O) groups is 1. The number of nitrogens with two attached hydrogens (primary N) is 1. The summed E-state index contributed by atoms with van der Waals surface area (Å²) in [6, 6.07) is 6.35. The van der Waals surface area contributed by atoms with Crippen molar-refractivity contribution in [2.24, 2.45) is 5.73 Å². The fourth-order valence-corrected chi connectivity index (χ4v) is 1.75. The summed E-state index contributed by atoms with van der Waals surface area (Å²) in [7, 11) is 0. The largest absolute Gasteiger partial charge is 0.415 e. The van der Waals surface area contributed by atoms with Gasteiger partial charge in [-0.3, -0.25) is 4.79 Å². The molecule has 1 amide bonds. The van der Waals surface area contributed by atoms with Crippen LogP contribution in [-0.2, 0) is 4.79 Å². The van der Waals surface area contributed by atoms with Gasteiger partial charge >= 0.3 is 6.18 Å². The van der Waals surface area contributed by atoms with Gasteiger partial charge in [-0.25, -0.2) is 0 Å². The third-order valence-corrected chi connectivity index (χ3v) is 3.25. The van der Waals surface area contributed by atoms with Crippen LogP contribution in [0.15, 0.2) is 28.7 Å². The van der Waals surface area contributed by atoms with Crippen LogP contribution >= 0.6 is 15.9 Å². The smallest absolute Gasteiger partial charge is 0.348 e. The Hall–Kier alpha value is -1.08. The molecule has 3 N–H and O–H groups in total. The van der Waals surface area contributed by atoms with Crippen molar-refractivity contribution in [3.63, 3.8) is 0 Å². The van der Waals surface area contributed by atoms with Crippen LogP contribution in [0.3, 0.4) is 0 Å². The van der Waals surface area contributed by atoms with E-state index in [4.69, 9.17) is 5.73 Å². The first-order chi connectivity index (χ1) is 8.55. The Kier molecular flexibility index (Phi) is 4.63. The SMILES string of the molecule is C[C@@H](NC(=O)C(C)(N)C(F)(F)F)c1cccc(Br)c1. The molecule has 7 heteroatoms. The predicted octanol–water partition coefficient (Wildman–Crippen LogP) is 2.91. The average molecular weight is 339 g/mol. The average Bonchev–Trinajstić information content (AvgIpc) is 2.27. The molecule has 3 nitrogen and oxygen atoms in total. The lowest BCUT2D eigenvalue weighted by molar-refractivity contribution is -0.187. The van der Waals surface area contributed by atoms with Crippen LogP contribution < -0.4 is 11.1 Å². The fourth-order valence-electron chi connectivity index (χ4n) is 1.33. The van der Waals surface area contributed by atoms with Crippen LogP contribution in [0.5, 0.6) is 0 Å². The molecule has 0 aliphatic rings. The van der Waals surface area contributed by atoms with Crippen molar-refractivity contribution >= 4 is 21.8 Å². The minimum absolute atomic E-state index is 0.574. The molecule has 0 saturated carbocycles. The van der Waals surface area contributed by atoms with Gasteiger partial charge in [-0.05, 0) is 31.5 Å². The lowest BCUT2D eigenvalue weighted by atomic mass is 10.0. The second kappa shape index (κ2) is 5.50. The number of benzene rings is 1. The van der Waals surface area contributed by atoms with Gasteiger partial charge in [0.2, 0.25) is 5.91 Å². The van der Waals surface area contributed by atoms with Crippen LogP contribution in [0.1, 0.15) is 25.5 Å². The summed E-state index contributed by atoms with van der Waals surface area (Å²) in [4.78, 5) is 11.6. The van der Waals surface area contributed by atoms with Crippen molar-refractivity contribution in [3.05, 3.63) is 34.3 Å². The summed E-state index contributed by atoms with van der Waals surface area (Å²) in [6.07, 6.45) is -4.80. The number of hydrogen-bond donors (Lipinski definition) is 2. The standard InChI is InChI=1S/C12H14BrF3N2O/c1-7(8-4-3-5-9(13)6-8)18-10(19)11(2,17)12(14,15)16/h3-7H,17H2,1-2H3,(H,18,19)/t7-,11?/m1/s1. The molecule has 0 spiro atoms. The molecule has 1 rings (SSSR count). The van der Waals surface area contributed by atoms with Gasteiger partial charge in [0.05, 0.1) is 6.04 Å². The lowest BCUT2D eigenvalue weighted by Gasteiger charge is -2.28. The highest BCUT2D eigenvalue weighted by Crippen LogP contribution is 2.29. The van der Waals surface area contributed by atoms with Crippen LogP contribution in [0.25, 0.3) is 0 Å². The molecular formula is C12H14BrF3N2O. The highest BCUT2D eigenvalue weighted by atomic mass is 79.9. The summed E-state index contributed by atoms with van der Waals surface area (Å²) in [5, 5.41) is 2.27. The van der Waals surface area contributed by atoms with E-state index in [1.54, 1.807) is 31.2 Å². The van der Waals surface area contributed by atoms with E-state index in [9.17, 15) is 18.0 Å². The van der Waals surface area contributed by atoms with E-state index in [2.05, 4.69) is 21.2 Å². The molecule has 1 unspecified atom stereocenters. The molecule has 0 aromatic heterocycles. The zero-order valence-corrected chi connectivity index (χ0v) is 12.0. The number of nitrogens with one attached hydrogen (secondary N) is 1. The summed E-state index contributed by atoms with van der Waals surface area (Å²) in [5.41, 5.74) is 2.82. The Balaban J connectivity index is 2.83. The minimum atomic E-state index is -4.80. The molecule has 19 heavy (non-hydrogen) atoms. The number of halogens is 4. The maximum atomic E-state index is 12.6. The molecule has 0 fully saturated rings. The summed E-state index contributed by atoms with van der Waals surface area (Å²) >= 11 is 3.25. The maximum absolute atomic E-state index is 12.6. The Morgan fingerprint density at radius 2 is 2.00 bits per heavy atom. The second-order valence-corrected chi connectivity index (χ2v) is 5.37. The van der Waals surface area contributed by atoms with Gasteiger partial charge in [-0.15, -0.1) is 0 Å².